The van der Waals surface area contributed by atoms with Crippen molar-refractivity contribution in [3.8, 4) is 0 Å². The SMILES string of the molecule is CC(C)O[C@H]1OC(CO)[C@@H](O[C@@H]2OC(CO)[C@H](O)[C@H](O)C2O)C(O)C1O. The van der Waals surface area contributed by atoms with Crippen LogP contribution in [-0.2, 0) is 18.9 Å². The fourth-order valence-corrected chi connectivity index (χ4v) is 2.94. The summed E-state index contributed by atoms with van der Waals surface area (Å²) >= 11 is 0. The van der Waals surface area contributed by atoms with Gasteiger partial charge in [0.25, 0.3) is 0 Å². The van der Waals surface area contributed by atoms with Crippen molar-refractivity contribution >= 4 is 0 Å². The molecule has 0 aromatic carbocycles. The van der Waals surface area contributed by atoms with E-state index in [2.05, 4.69) is 0 Å². The molecule has 0 bridgehead atoms. The van der Waals surface area contributed by atoms with Crippen molar-refractivity contribution in [3.63, 3.8) is 0 Å². The first-order valence-electron chi connectivity index (χ1n) is 8.45. The van der Waals surface area contributed by atoms with Crippen LogP contribution in [0.25, 0.3) is 0 Å². The summed E-state index contributed by atoms with van der Waals surface area (Å²) in [5, 5.41) is 68.8. The van der Waals surface area contributed by atoms with Gasteiger partial charge in [-0.3, -0.25) is 0 Å². The summed E-state index contributed by atoms with van der Waals surface area (Å²) in [5.74, 6) is 0. The van der Waals surface area contributed by atoms with E-state index < -0.39 is 74.6 Å². The van der Waals surface area contributed by atoms with Crippen molar-refractivity contribution in [1.29, 1.82) is 0 Å². The predicted molar refractivity (Wildman–Crippen MR) is 82.6 cm³/mol. The second kappa shape index (κ2) is 9.17. The number of aliphatic hydroxyl groups is 7. The Labute approximate surface area is 150 Å². The van der Waals surface area contributed by atoms with Crippen molar-refractivity contribution in [1.82, 2.24) is 0 Å². The van der Waals surface area contributed by atoms with E-state index in [9.17, 15) is 35.7 Å². The highest BCUT2D eigenvalue weighted by molar-refractivity contribution is 4.94. The molecule has 0 radical (unpaired) electrons. The van der Waals surface area contributed by atoms with Gasteiger partial charge < -0.3 is 54.7 Å². The highest BCUT2D eigenvalue weighted by Crippen LogP contribution is 2.29. The normalized spacial score (nSPS) is 47.3. The summed E-state index contributed by atoms with van der Waals surface area (Å²) in [6, 6.07) is 0. The van der Waals surface area contributed by atoms with E-state index in [1.165, 1.54) is 0 Å². The van der Waals surface area contributed by atoms with E-state index in [1.807, 2.05) is 0 Å². The lowest BCUT2D eigenvalue weighted by Gasteiger charge is -2.46. The standard InChI is InChI=1S/C15H28O11/c1-5(2)23-14-12(22)10(20)13(7(4-17)25-14)26-15-11(21)9(19)8(18)6(3-16)24-15/h5-22H,3-4H2,1-2H3/t6?,7?,8-,9-,10?,11?,12?,13+,14-,15-/m0/s1. The summed E-state index contributed by atoms with van der Waals surface area (Å²) in [4.78, 5) is 0. The zero-order chi connectivity index (χ0) is 19.6. The molecular weight excluding hydrogens is 356 g/mol. The molecule has 7 N–H and O–H groups in total. The molecule has 2 fully saturated rings. The maximum Gasteiger partial charge on any atom is 0.187 e. The molecule has 2 heterocycles. The van der Waals surface area contributed by atoms with E-state index in [4.69, 9.17) is 18.9 Å². The zero-order valence-electron chi connectivity index (χ0n) is 14.5. The van der Waals surface area contributed by atoms with E-state index in [-0.39, 0.29) is 6.10 Å². The first-order chi connectivity index (χ1) is 12.2. The van der Waals surface area contributed by atoms with E-state index in [1.54, 1.807) is 13.8 Å². The average Bonchev–Trinajstić information content (AvgIpc) is 2.60. The largest absolute Gasteiger partial charge is 0.394 e. The molecule has 0 aromatic heterocycles. The quantitative estimate of drug-likeness (QED) is 0.237. The maximum absolute atomic E-state index is 10.3. The number of hydrogen-bond acceptors (Lipinski definition) is 11. The summed E-state index contributed by atoms with van der Waals surface area (Å²) in [6.45, 7) is 2.16. The Morgan fingerprint density at radius 2 is 1.27 bits per heavy atom. The number of ether oxygens (including phenoxy) is 4. The summed E-state index contributed by atoms with van der Waals surface area (Å²) in [6.07, 6.45) is -14.7. The molecule has 154 valence electrons. The molecule has 2 rings (SSSR count). The highest BCUT2D eigenvalue weighted by Gasteiger charge is 2.50. The van der Waals surface area contributed by atoms with Gasteiger partial charge in [-0.1, -0.05) is 0 Å². The van der Waals surface area contributed by atoms with Crippen LogP contribution < -0.4 is 0 Å². The average molecular weight is 384 g/mol. The van der Waals surface area contributed by atoms with Gasteiger partial charge in [0.05, 0.1) is 19.3 Å². The lowest BCUT2D eigenvalue weighted by Crippen LogP contribution is -2.64. The Kier molecular flexibility index (Phi) is 7.71. The molecule has 0 saturated carbocycles. The Balaban J connectivity index is 2.11. The smallest absolute Gasteiger partial charge is 0.187 e. The molecule has 0 spiro atoms. The molecule has 2 aliphatic rings. The first kappa shape index (κ1) is 21.9. The minimum Gasteiger partial charge on any atom is -0.394 e. The van der Waals surface area contributed by atoms with Gasteiger partial charge in [0.1, 0.15) is 48.8 Å². The third kappa shape index (κ3) is 4.51. The molecule has 11 nitrogen and oxygen atoms in total. The summed E-state index contributed by atoms with van der Waals surface area (Å²) in [5.41, 5.74) is 0. The van der Waals surface area contributed by atoms with Crippen LogP contribution in [0.1, 0.15) is 13.8 Å². The van der Waals surface area contributed by atoms with Crippen molar-refractivity contribution in [2.75, 3.05) is 13.2 Å². The van der Waals surface area contributed by atoms with Crippen LogP contribution in [0.5, 0.6) is 0 Å². The molecule has 0 amide bonds. The molecule has 26 heavy (non-hydrogen) atoms. The lowest BCUT2D eigenvalue weighted by atomic mass is 9.97. The van der Waals surface area contributed by atoms with E-state index >= 15 is 0 Å². The van der Waals surface area contributed by atoms with Gasteiger partial charge >= 0.3 is 0 Å². The Morgan fingerprint density at radius 1 is 0.731 bits per heavy atom. The van der Waals surface area contributed by atoms with Gasteiger partial charge in [0.2, 0.25) is 0 Å². The van der Waals surface area contributed by atoms with Crippen LogP contribution in [-0.4, -0.2) is 116 Å². The van der Waals surface area contributed by atoms with E-state index in [0.29, 0.717) is 0 Å². The first-order valence-corrected chi connectivity index (χ1v) is 8.45. The van der Waals surface area contributed by atoms with Gasteiger partial charge in [-0.05, 0) is 13.8 Å². The summed E-state index contributed by atoms with van der Waals surface area (Å²) < 4.78 is 21.4. The number of rotatable bonds is 6. The minimum absolute atomic E-state index is 0.316. The van der Waals surface area contributed by atoms with Crippen LogP contribution in [0.4, 0.5) is 0 Å². The molecule has 5 unspecified atom stereocenters. The topological polar surface area (TPSA) is 179 Å². The molecule has 10 atom stereocenters. The maximum atomic E-state index is 10.3. The molecule has 2 aliphatic heterocycles. The van der Waals surface area contributed by atoms with Crippen molar-refractivity contribution < 1.29 is 54.7 Å². The Bertz CT molecular complexity index is 432. The molecule has 2 saturated heterocycles. The van der Waals surface area contributed by atoms with Crippen molar-refractivity contribution in [2.24, 2.45) is 0 Å². The second-order valence-electron chi connectivity index (χ2n) is 6.69. The van der Waals surface area contributed by atoms with Crippen molar-refractivity contribution in [2.45, 2.75) is 81.4 Å². The van der Waals surface area contributed by atoms with Crippen LogP contribution in [0.3, 0.4) is 0 Å². The monoisotopic (exact) mass is 384 g/mol. The third-order valence-electron chi connectivity index (χ3n) is 4.37. The molecule has 0 aliphatic carbocycles. The number of aliphatic hydroxyl groups excluding tert-OH is 7. The van der Waals surface area contributed by atoms with Crippen molar-refractivity contribution in [3.05, 3.63) is 0 Å². The Morgan fingerprint density at radius 3 is 1.81 bits per heavy atom. The highest BCUT2D eigenvalue weighted by atomic mass is 16.7. The van der Waals surface area contributed by atoms with Crippen LogP contribution >= 0.6 is 0 Å². The lowest BCUT2D eigenvalue weighted by molar-refractivity contribution is -0.361. The number of hydrogen-bond donors (Lipinski definition) is 7. The zero-order valence-corrected chi connectivity index (χ0v) is 14.5. The molecule has 11 heteroatoms. The van der Waals surface area contributed by atoms with Crippen LogP contribution in [0.2, 0.25) is 0 Å². The fourth-order valence-electron chi connectivity index (χ4n) is 2.94. The molecule has 0 aromatic rings. The van der Waals surface area contributed by atoms with Gasteiger partial charge in [-0.2, -0.15) is 0 Å². The second-order valence-corrected chi connectivity index (χ2v) is 6.69. The van der Waals surface area contributed by atoms with Gasteiger partial charge in [0, 0.05) is 0 Å². The van der Waals surface area contributed by atoms with Gasteiger partial charge in [0.15, 0.2) is 12.6 Å². The van der Waals surface area contributed by atoms with E-state index in [0.717, 1.165) is 0 Å². The minimum atomic E-state index is -1.69. The van der Waals surface area contributed by atoms with Gasteiger partial charge in [-0.15, -0.1) is 0 Å². The predicted octanol–water partition coefficient (Wildman–Crippen LogP) is -3.96. The fraction of sp³-hybridized carbons (Fsp3) is 1.00. The third-order valence-corrected chi connectivity index (χ3v) is 4.37. The van der Waals surface area contributed by atoms with Crippen LogP contribution in [0.15, 0.2) is 0 Å². The summed E-state index contributed by atoms with van der Waals surface area (Å²) in [7, 11) is 0. The van der Waals surface area contributed by atoms with Gasteiger partial charge in [-0.25, -0.2) is 0 Å². The Hall–Kier alpha value is -0.440. The van der Waals surface area contributed by atoms with Crippen LogP contribution in [0, 0.1) is 0 Å². The molecular formula is C15H28O11.